The molecule has 0 unspecified atom stereocenters. The van der Waals surface area contributed by atoms with E-state index in [1.54, 1.807) is 24.3 Å². The summed E-state index contributed by atoms with van der Waals surface area (Å²) in [5.41, 5.74) is 5.55. The first-order valence-electron chi connectivity index (χ1n) is 6.34. The Kier molecular flexibility index (Phi) is 5.78. The van der Waals surface area contributed by atoms with Crippen molar-refractivity contribution in [1.29, 1.82) is 0 Å². The Morgan fingerprint density at radius 3 is 2.17 bits per heavy atom. The van der Waals surface area contributed by atoms with E-state index in [1.165, 1.54) is 4.31 Å². The zero-order valence-corrected chi connectivity index (χ0v) is 11.9. The van der Waals surface area contributed by atoms with Gasteiger partial charge in [0.2, 0.25) is 10.0 Å². The van der Waals surface area contributed by atoms with Gasteiger partial charge in [-0.05, 0) is 25.0 Å². The van der Waals surface area contributed by atoms with E-state index in [1.807, 2.05) is 19.9 Å². The fraction of sp³-hybridized carbons (Fsp3) is 0.538. The summed E-state index contributed by atoms with van der Waals surface area (Å²) in [6, 6.07) is 8.55. The number of rotatable bonds is 7. The lowest BCUT2D eigenvalue weighted by Gasteiger charge is -2.29. The predicted octanol–water partition coefficient (Wildman–Crippen LogP) is 1.82. The van der Waals surface area contributed by atoms with Crippen LogP contribution in [0.15, 0.2) is 35.2 Å². The highest BCUT2D eigenvalue weighted by molar-refractivity contribution is 7.89. The van der Waals surface area contributed by atoms with Crippen LogP contribution in [-0.4, -0.2) is 31.9 Å². The van der Waals surface area contributed by atoms with Gasteiger partial charge in [-0.1, -0.05) is 32.0 Å². The van der Waals surface area contributed by atoms with E-state index >= 15 is 0 Å². The molecule has 0 amide bonds. The van der Waals surface area contributed by atoms with Crippen LogP contribution in [0.4, 0.5) is 0 Å². The van der Waals surface area contributed by atoms with Crippen LogP contribution in [0.2, 0.25) is 0 Å². The second-order valence-corrected chi connectivity index (χ2v) is 6.08. The molecule has 1 aromatic rings. The molecule has 1 rings (SSSR count). The molecule has 5 heteroatoms. The van der Waals surface area contributed by atoms with Crippen LogP contribution in [0.1, 0.15) is 26.7 Å². The maximum absolute atomic E-state index is 12.6. The minimum atomic E-state index is -3.43. The van der Waals surface area contributed by atoms with Crippen molar-refractivity contribution >= 4 is 10.0 Å². The molecule has 0 saturated carbocycles. The third kappa shape index (κ3) is 3.31. The van der Waals surface area contributed by atoms with Gasteiger partial charge in [0.15, 0.2) is 0 Å². The van der Waals surface area contributed by atoms with Gasteiger partial charge in [-0.3, -0.25) is 0 Å². The molecular formula is C13H22N2O2S. The summed E-state index contributed by atoms with van der Waals surface area (Å²) in [7, 11) is -3.43. The SMILES string of the molecule is CCC(CC)N(CCN)S(=O)(=O)c1ccccc1. The number of hydrogen-bond acceptors (Lipinski definition) is 3. The largest absolute Gasteiger partial charge is 0.329 e. The molecule has 0 saturated heterocycles. The maximum Gasteiger partial charge on any atom is 0.243 e. The van der Waals surface area contributed by atoms with Gasteiger partial charge < -0.3 is 5.73 Å². The number of nitrogens with zero attached hydrogens (tertiary/aromatic N) is 1. The summed E-state index contributed by atoms with van der Waals surface area (Å²) in [4.78, 5) is 0.338. The smallest absolute Gasteiger partial charge is 0.243 e. The second-order valence-electron chi connectivity index (χ2n) is 4.19. The van der Waals surface area contributed by atoms with Crippen LogP contribution in [0.5, 0.6) is 0 Å². The normalized spacial score (nSPS) is 12.3. The van der Waals surface area contributed by atoms with Crippen molar-refractivity contribution in [3.8, 4) is 0 Å². The molecule has 2 N–H and O–H groups in total. The molecule has 102 valence electrons. The fourth-order valence-corrected chi connectivity index (χ4v) is 3.86. The van der Waals surface area contributed by atoms with E-state index in [4.69, 9.17) is 5.73 Å². The van der Waals surface area contributed by atoms with Crippen molar-refractivity contribution in [3.05, 3.63) is 30.3 Å². The topological polar surface area (TPSA) is 63.4 Å². The van der Waals surface area contributed by atoms with Gasteiger partial charge in [-0.2, -0.15) is 4.31 Å². The highest BCUT2D eigenvalue weighted by Crippen LogP contribution is 2.20. The van der Waals surface area contributed by atoms with Crippen LogP contribution in [0, 0.1) is 0 Å². The van der Waals surface area contributed by atoms with E-state index in [0.717, 1.165) is 12.8 Å². The minimum Gasteiger partial charge on any atom is -0.329 e. The first kappa shape index (κ1) is 15.1. The average molecular weight is 270 g/mol. The van der Waals surface area contributed by atoms with Gasteiger partial charge in [-0.25, -0.2) is 8.42 Å². The summed E-state index contributed by atoms with van der Waals surface area (Å²) < 4.78 is 26.6. The molecule has 0 aliphatic carbocycles. The fourth-order valence-electron chi connectivity index (χ4n) is 2.05. The molecule has 0 aliphatic heterocycles. The van der Waals surface area contributed by atoms with Gasteiger partial charge in [0.25, 0.3) is 0 Å². The van der Waals surface area contributed by atoms with Crippen molar-refractivity contribution in [1.82, 2.24) is 4.31 Å². The average Bonchev–Trinajstić information content (AvgIpc) is 2.40. The van der Waals surface area contributed by atoms with E-state index in [-0.39, 0.29) is 6.04 Å². The molecule has 4 nitrogen and oxygen atoms in total. The van der Waals surface area contributed by atoms with E-state index < -0.39 is 10.0 Å². The van der Waals surface area contributed by atoms with Gasteiger partial charge in [0.05, 0.1) is 4.90 Å². The second kappa shape index (κ2) is 6.87. The Balaban J connectivity index is 3.12. The Hall–Kier alpha value is -0.910. The molecule has 0 atom stereocenters. The third-order valence-corrected chi connectivity index (χ3v) is 5.02. The van der Waals surface area contributed by atoms with Gasteiger partial charge >= 0.3 is 0 Å². The summed E-state index contributed by atoms with van der Waals surface area (Å²) in [5.74, 6) is 0. The Morgan fingerprint density at radius 1 is 1.17 bits per heavy atom. The van der Waals surface area contributed by atoms with Gasteiger partial charge in [0, 0.05) is 19.1 Å². The van der Waals surface area contributed by atoms with Gasteiger partial charge in [-0.15, -0.1) is 0 Å². The molecule has 0 fully saturated rings. The lowest BCUT2D eigenvalue weighted by Crippen LogP contribution is -2.42. The molecule has 0 spiro atoms. The predicted molar refractivity (Wildman–Crippen MR) is 73.8 cm³/mol. The summed E-state index contributed by atoms with van der Waals surface area (Å²) in [5, 5.41) is 0. The van der Waals surface area contributed by atoms with Crippen molar-refractivity contribution in [2.24, 2.45) is 5.73 Å². The Labute approximate surface area is 110 Å². The molecule has 18 heavy (non-hydrogen) atoms. The van der Waals surface area contributed by atoms with E-state index in [9.17, 15) is 8.42 Å². The zero-order valence-electron chi connectivity index (χ0n) is 11.0. The molecular weight excluding hydrogens is 248 g/mol. The summed E-state index contributed by atoms with van der Waals surface area (Å²) >= 11 is 0. The Bertz CT molecular complexity index is 441. The lowest BCUT2D eigenvalue weighted by molar-refractivity contribution is 0.309. The minimum absolute atomic E-state index is 0.0127. The summed E-state index contributed by atoms with van der Waals surface area (Å²) in [6.07, 6.45) is 1.59. The molecule has 0 aliphatic rings. The van der Waals surface area contributed by atoms with Crippen LogP contribution in [-0.2, 0) is 10.0 Å². The molecule has 1 aromatic carbocycles. The molecule has 0 aromatic heterocycles. The highest BCUT2D eigenvalue weighted by Gasteiger charge is 2.28. The van der Waals surface area contributed by atoms with Crippen molar-refractivity contribution in [2.75, 3.05) is 13.1 Å². The van der Waals surface area contributed by atoms with Crippen LogP contribution < -0.4 is 5.73 Å². The van der Waals surface area contributed by atoms with Crippen molar-refractivity contribution in [2.45, 2.75) is 37.6 Å². The highest BCUT2D eigenvalue weighted by atomic mass is 32.2. The Morgan fingerprint density at radius 2 is 1.72 bits per heavy atom. The number of benzene rings is 1. The molecule has 0 heterocycles. The number of hydrogen-bond donors (Lipinski definition) is 1. The van der Waals surface area contributed by atoms with Crippen molar-refractivity contribution < 1.29 is 8.42 Å². The molecule has 0 bridgehead atoms. The van der Waals surface area contributed by atoms with Crippen molar-refractivity contribution in [3.63, 3.8) is 0 Å². The first-order valence-corrected chi connectivity index (χ1v) is 7.78. The quantitative estimate of drug-likeness (QED) is 0.822. The number of nitrogens with two attached hydrogens (primary N) is 1. The summed E-state index contributed by atoms with van der Waals surface area (Å²) in [6.45, 7) is 4.70. The van der Waals surface area contributed by atoms with Gasteiger partial charge in [0.1, 0.15) is 0 Å². The lowest BCUT2D eigenvalue weighted by atomic mass is 10.2. The van der Waals surface area contributed by atoms with Crippen LogP contribution in [0.25, 0.3) is 0 Å². The monoisotopic (exact) mass is 270 g/mol. The first-order chi connectivity index (χ1) is 8.57. The third-order valence-electron chi connectivity index (χ3n) is 3.05. The van der Waals surface area contributed by atoms with E-state index in [2.05, 4.69) is 0 Å². The van der Waals surface area contributed by atoms with Crippen LogP contribution in [0.3, 0.4) is 0 Å². The molecule has 0 radical (unpaired) electrons. The van der Waals surface area contributed by atoms with E-state index in [0.29, 0.717) is 18.0 Å². The number of sulfonamides is 1. The van der Waals surface area contributed by atoms with Crippen LogP contribution >= 0.6 is 0 Å². The maximum atomic E-state index is 12.6. The standard InChI is InChI=1S/C13H22N2O2S/c1-3-12(4-2)15(11-10-14)18(16,17)13-8-6-5-7-9-13/h5-9,12H,3-4,10-11,14H2,1-2H3. The zero-order chi connectivity index (χ0) is 13.6.